The van der Waals surface area contributed by atoms with Crippen molar-refractivity contribution in [3.05, 3.63) is 12.7 Å². The molecule has 0 aliphatic heterocycles. The molecule has 0 aromatic heterocycles. The summed E-state index contributed by atoms with van der Waals surface area (Å²) in [5.74, 6) is 0. The molecule has 2 unspecified atom stereocenters. The molecule has 0 heterocycles. The van der Waals surface area contributed by atoms with Gasteiger partial charge in [0.2, 0.25) is 0 Å². The molecule has 17 heavy (non-hydrogen) atoms. The standard InChI is InChI=1S/C11H21O5P/c1-3-5-6-8-11(7-4-2,10(13)9-12)16-17(14)15/h4,10,12-13H,2-3,5-9H2,1H3. The fraction of sp³-hybridized carbons (Fsp3) is 0.818. The Morgan fingerprint density at radius 2 is 2.12 bits per heavy atom. The van der Waals surface area contributed by atoms with Gasteiger partial charge in [-0.3, -0.25) is 4.52 Å². The third-order valence-corrected chi connectivity index (χ3v) is 3.24. The Hall–Kier alpha value is -0.480. The molecule has 0 aromatic carbocycles. The maximum Gasteiger partial charge on any atom is 0.468 e. The molecule has 0 aliphatic carbocycles. The van der Waals surface area contributed by atoms with E-state index >= 15 is 0 Å². The molecule has 2 atom stereocenters. The number of unbranched alkanes of at least 4 members (excludes halogenated alkanes) is 2. The lowest BCUT2D eigenvalue weighted by atomic mass is 9.87. The van der Waals surface area contributed by atoms with Crippen LogP contribution >= 0.6 is 7.91 Å². The van der Waals surface area contributed by atoms with Crippen LogP contribution in [0.2, 0.25) is 0 Å². The van der Waals surface area contributed by atoms with Crippen LogP contribution in [0, 0.1) is 0 Å². The predicted octanol–water partition coefficient (Wildman–Crippen LogP) is 2.34. The average Bonchev–Trinajstić information content (AvgIpc) is 2.27. The quantitative estimate of drug-likeness (QED) is 0.359. The smallest absolute Gasteiger partial charge is 0.394 e. The van der Waals surface area contributed by atoms with Crippen LogP contribution in [0.4, 0.5) is 0 Å². The minimum absolute atomic E-state index is 0.182. The Kier molecular flexibility index (Phi) is 8.35. The topological polar surface area (TPSA) is 83.8 Å². The Balaban J connectivity index is 4.86. The zero-order valence-corrected chi connectivity index (χ0v) is 11.1. The highest BCUT2D eigenvalue weighted by Crippen LogP contribution is 2.34. The van der Waals surface area contributed by atoms with Crippen molar-refractivity contribution < 1.29 is 23.9 Å². The maximum atomic E-state index is 10.7. The second kappa shape index (κ2) is 8.59. The fourth-order valence-electron chi connectivity index (χ4n) is 1.78. The number of aliphatic hydroxyl groups is 2. The summed E-state index contributed by atoms with van der Waals surface area (Å²) in [6.07, 6.45) is 3.43. The molecule has 0 rings (SSSR count). The van der Waals surface area contributed by atoms with E-state index in [0.717, 1.165) is 19.3 Å². The normalized spacial score (nSPS) is 16.2. The van der Waals surface area contributed by atoms with Gasteiger partial charge in [0.25, 0.3) is 0 Å². The summed E-state index contributed by atoms with van der Waals surface area (Å²) in [5, 5.41) is 18.8. The summed E-state index contributed by atoms with van der Waals surface area (Å²) < 4.78 is 26.3. The minimum atomic E-state index is -3.08. The molecule has 0 spiro atoms. The molecule has 0 fully saturated rings. The molecule has 0 aromatic rings. The maximum absolute atomic E-state index is 10.7. The summed E-state index contributed by atoms with van der Waals surface area (Å²) in [7, 11) is -3.08. The van der Waals surface area contributed by atoms with Crippen LogP contribution in [0.15, 0.2) is 12.7 Å². The molecule has 0 aliphatic rings. The zero-order chi connectivity index (χ0) is 13.3. The van der Waals surface area contributed by atoms with Crippen LogP contribution in [-0.2, 0) is 13.7 Å². The molecular weight excluding hydrogens is 243 g/mol. The average molecular weight is 264 g/mol. The summed E-state index contributed by atoms with van der Waals surface area (Å²) >= 11 is 0. The molecule has 0 saturated heterocycles. The van der Waals surface area contributed by atoms with Crippen LogP contribution in [0.1, 0.15) is 39.0 Å². The van der Waals surface area contributed by atoms with Gasteiger partial charge in [-0.15, -0.1) is 6.58 Å². The first kappa shape index (κ1) is 16.5. The van der Waals surface area contributed by atoms with E-state index in [4.69, 9.17) is 9.63 Å². The van der Waals surface area contributed by atoms with Gasteiger partial charge in [-0.1, -0.05) is 32.3 Å². The summed E-state index contributed by atoms with van der Waals surface area (Å²) in [6.45, 7) is 5.01. The third-order valence-electron chi connectivity index (χ3n) is 2.73. The molecule has 0 radical (unpaired) electrons. The van der Waals surface area contributed by atoms with Gasteiger partial charge < -0.3 is 10.2 Å². The first-order valence-corrected chi connectivity index (χ1v) is 6.85. The van der Waals surface area contributed by atoms with E-state index in [2.05, 4.69) is 6.58 Å². The highest BCUT2D eigenvalue weighted by molar-refractivity contribution is 7.24. The van der Waals surface area contributed by atoms with Crippen LogP contribution in [0.3, 0.4) is 0 Å². The summed E-state index contributed by atoms with van der Waals surface area (Å²) in [6, 6.07) is 0. The molecule has 5 nitrogen and oxygen atoms in total. The number of hydrogen-bond donors (Lipinski definition) is 2. The molecule has 6 heteroatoms. The van der Waals surface area contributed by atoms with Crippen LogP contribution in [-0.4, -0.2) is 28.5 Å². The van der Waals surface area contributed by atoms with Crippen molar-refractivity contribution in [1.29, 1.82) is 0 Å². The lowest BCUT2D eigenvalue weighted by Crippen LogP contribution is -2.45. The van der Waals surface area contributed by atoms with Gasteiger partial charge in [-0.25, -0.2) is 9.13 Å². The van der Waals surface area contributed by atoms with E-state index in [0.29, 0.717) is 6.42 Å². The fourth-order valence-corrected chi connectivity index (χ4v) is 2.37. The van der Waals surface area contributed by atoms with Crippen molar-refractivity contribution >= 4 is 7.91 Å². The van der Waals surface area contributed by atoms with E-state index < -0.39 is 26.2 Å². The van der Waals surface area contributed by atoms with Crippen LogP contribution in [0.25, 0.3) is 0 Å². The van der Waals surface area contributed by atoms with Crippen molar-refractivity contribution in [3.8, 4) is 0 Å². The molecule has 0 saturated carbocycles. The van der Waals surface area contributed by atoms with E-state index in [1.807, 2.05) is 6.92 Å². The molecule has 0 amide bonds. The number of aliphatic hydroxyl groups excluding tert-OH is 2. The number of rotatable bonds is 10. The van der Waals surface area contributed by atoms with Crippen molar-refractivity contribution in [2.24, 2.45) is 0 Å². The molecular formula is C11H21O5P. The van der Waals surface area contributed by atoms with E-state index in [-0.39, 0.29) is 6.42 Å². The SMILES string of the molecule is C=CCC(CCCCC)(OP(=O)=O)C(O)CO. The first-order chi connectivity index (χ1) is 8.02. The predicted molar refractivity (Wildman–Crippen MR) is 64.2 cm³/mol. The zero-order valence-electron chi connectivity index (χ0n) is 10.2. The van der Waals surface area contributed by atoms with E-state index in [1.165, 1.54) is 6.08 Å². The highest BCUT2D eigenvalue weighted by atomic mass is 31.1. The van der Waals surface area contributed by atoms with Gasteiger partial charge in [0.1, 0.15) is 11.7 Å². The van der Waals surface area contributed by atoms with Gasteiger partial charge in [-0.2, -0.15) is 0 Å². The number of hydrogen-bond acceptors (Lipinski definition) is 5. The highest BCUT2D eigenvalue weighted by Gasteiger charge is 2.39. The van der Waals surface area contributed by atoms with Crippen LogP contribution in [0.5, 0.6) is 0 Å². The lowest BCUT2D eigenvalue weighted by molar-refractivity contribution is -0.0786. The van der Waals surface area contributed by atoms with Gasteiger partial charge >= 0.3 is 7.91 Å². The van der Waals surface area contributed by atoms with Gasteiger partial charge in [-0.05, 0) is 12.8 Å². The van der Waals surface area contributed by atoms with E-state index in [9.17, 15) is 14.2 Å². The monoisotopic (exact) mass is 264 g/mol. The second-order valence-electron chi connectivity index (χ2n) is 4.03. The second-order valence-corrected chi connectivity index (χ2v) is 4.66. The molecule has 0 bridgehead atoms. The van der Waals surface area contributed by atoms with Gasteiger partial charge in [0.05, 0.1) is 6.61 Å². The first-order valence-electron chi connectivity index (χ1n) is 5.75. The van der Waals surface area contributed by atoms with Crippen molar-refractivity contribution in [2.45, 2.75) is 50.7 Å². The molecule has 100 valence electrons. The molecule has 2 N–H and O–H groups in total. The Morgan fingerprint density at radius 3 is 2.53 bits per heavy atom. The lowest BCUT2D eigenvalue weighted by Gasteiger charge is -2.33. The van der Waals surface area contributed by atoms with Gasteiger partial charge in [0, 0.05) is 0 Å². The van der Waals surface area contributed by atoms with Gasteiger partial charge in [0.15, 0.2) is 0 Å². The summed E-state index contributed by atoms with van der Waals surface area (Å²) in [4.78, 5) is 0. The van der Waals surface area contributed by atoms with Crippen LogP contribution < -0.4 is 0 Å². The van der Waals surface area contributed by atoms with Crippen molar-refractivity contribution in [2.75, 3.05) is 6.61 Å². The van der Waals surface area contributed by atoms with Crippen molar-refractivity contribution in [3.63, 3.8) is 0 Å². The Morgan fingerprint density at radius 1 is 1.47 bits per heavy atom. The van der Waals surface area contributed by atoms with E-state index in [1.54, 1.807) is 0 Å². The summed E-state index contributed by atoms with van der Waals surface area (Å²) in [5.41, 5.74) is -1.28. The third kappa shape index (κ3) is 5.59. The largest absolute Gasteiger partial charge is 0.468 e. The minimum Gasteiger partial charge on any atom is -0.394 e. The Bertz CT molecular complexity index is 282. The van der Waals surface area contributed by atoms with Crippen molar-refractivity contribution in [1.82, 2.24) is 0 Å². The Labute approximate surface area is 102 Å².